The Morgan fingerprint density at radius 2 is 1.96 bits per heavy atom. The van der Waals surface area contributed by atoms with E-state index in [0.29, 0.717) is 27.8 Å². The molecule has 0 bridgehead atoms. The Balaban J connectivity index is 1.59. The average molecular weight is 436 g/mol. The highest BCUT2D eigenvalue weighted by atomic mass is 35.5. The van der Waals surface area contributed by atoms with E-state index in [9.17, 15) is 13.2 Å². The smallest absolute Gasteiger partial charge is 0.264 e. The second-order valence-corrected chi connectivity index (χ2v) is 10.4. The number of sulfone groups is 1. The molecule has 146 valence electrons. The summed E-state index contributed by atoms with van der Waals surface area (Å²) in [4.78, 5) is 15.2. The van der Waals surface area contributed by atoms with Crippen LogP contribution in [-0.4, -0.2) is 36.8 Å². The highest BCUT2D eigenvalue weighted by Gasteiger charge is 2.35. The molecule has 1 aromatic carbocycles. The van der Waals surface area contributed by atoms with Gasteiger partial charge in [0.1, 0.15) is 11.5 Å². The summed E-state index contributed by atoms with van der Waals surface area (Å²) < 4.78 is 29.8. The van der Waals surface area contributed by atoms with E-state index >= 15 is 0 Å². The highest BCUT2D eigenvalue weighted by Crippen LogP contribution is 2.27. The molecule has 0 saturated carbocycles. The van der Waals surface area contributed by atoms with Gasteiger partial charge in [0.2, 0.25) is 0 Å². The molecule has 0 aliphatic carbocycles. The minimum absolute atomic E-state index is 0.00509. The van der Waals surface area contributed by atoms with Crippen LogP contribution in [0.2, 0.25) is 5.02 Å². The second kappa shape index (κ2) is 7.73. The molecule has 3 heterocycles. The Morgan fingerprint density at radius 1 is 1.18 bits per heavy atom. The lowest BCUT2D eigenvalue weighted by atomic mass is 10.2. The summed E-state index contributed by atoms with van der Waals surface area (Å²) in [5.74, 6) is 1.23. The van der Waals surface area contributed by atoms with Crippen molar-refractivity contribution in [2.75, 3.05) is 11.5 Å². The van der Waals surface area contributed by atoms with E-state index < -0.39 is 9.84 Å². The molecular formula is C20H18ClNO4S2. The van der Waals surface area contributed by atoms with E-state index in [1.165, 1.54) is 11.3 Å². The fourth-order valence-electron chi connectivity index (χ4n) is 3.33. The largest absolute Gasteiger partial charge is 0.459 e. The molecule has 0 unspecified atom stereocenters. The third-order valence-electron chi connectivity index (χ3n) is 4.76. The standard InChI is InChI=1S/C20H18ClNO4S2/c21-15-5-3-14(4-6-15)18-8-7-17(26-18)12-22(16-9-11-28(24,25)13-16)20(23)19-2-1-10-27-19/h1-8,10,16H,9,11-13H2/t16-/m1/s1. The maximum absolute atomic E-state index is 13.0. The number of amides is 1. The first-order valence-corrected chi connectivity index (χ1v) is 11.9. The number of carbonyl (C=O) groups is 1. The average Bonchev–Trinajstić information content (AvgIpc) is 3.41. The fourth-order valence-corrected chi connectivity index (χ4v) is 5.87. The maximum Gasteiger partial charge on any atom is 0.264 e. The summed E-state index contributed by atoms with van der Waals surface area (Å²) in [5, 5.41) is 2.48. The van der Waals surface area contributed by atoms with Crippen molar-refractivity contribution in [2.45, 2.75) is 19.0 Å². The van der Waals surface area contributed by atoms with Crippen LogP contribution >= 0.6 is 22.9 Å². The van der Waals surface area contributed by atoms with Gasteiger partial charge in [-0.1, -0.05) is 17.7 Å². The molecule has 0 spiro atoms. The number of halogens is 1. The molecule has 1 saturated heterocycles. The van der Waals surface area contributed by atoms with Gasteiger partial charge in [-0.3, -0.25) is 4.79 Å². The lowest BCUT2D eigenvalue weighted by Gasteiger charge is -2.27. The van der Waals surface area contributed by atoms with Crippen LogP contribution in [0.15, 0.2) is 58.3 Å². The van der Waals surface area contributed by atoms with Crippen LogP contribution in [0.3, 0.4) is 0 Å². The Labute approximate surface area is 172 Å². The number of furan rings is 1. The van der Waals surface area contributed by atoms with E-state index in [4.69, 9.17) is 16.0 Å². The first kappa shape index (κ1) is 19.2. The molecule has 0 radical (unpaired) electrons. The molecule has 1 aliphatic heterocycles. The van der Waals surface area contributed by atoms with Crippen LogP contribution < -0.4 is 0 Å². The zero-order chi connectivity index (χ0) is 19.7. The van der Waals surface area contributed by atoms with Crippen molar-refractivity contribution in [3.63, 3.8) is 0 Å². The van der Waals surface area contributed by atoms with Gasteiger partial charge in [0.25, 0.3) is 5.91 Å². The summed E-state index contributed by atoms with van der Waals surface area (Å²) in [6.45, 7) is 0.227. The van der Waals surface area contributed by atoms with Crippen LogP contribution in [0, 0.1) is 0 Å². The number of hydrogen-bond donors (Lipinski definition) is 0. The minimum atomic E-state index is -3.11. The lowest BCUT2D eigenvalue weighted by molar-refractivity contribution is 0.0671. The van der Waals surface area contributed by atoms with Gasteiger partial charge in [-0.05, 0) is 54.3 Å². The summed E-state index contributed by atoms with van der Waals surface area (Å²) in [6, 6.07) is 14.2. The number of thiophene rings is 1. The van der Waals surface area contributed by atoms with Gasteiger partial charge in [0.15, 0.2) is 9.84 Å². The highest BCUT2D eigenvalue weighted by molar-refractivity contribution is 7.91. The summed E-state index contributed by atoms with van der Waals surface area (Å²) in [5.41, 5.74) is 0.884. The molecule has 0 N–H and O–H groups in total. The lowest BCUT2D eigenvalue weighted by Crippen LogP contribution is -2.40. The monoisotopic (exact) mass is 435 g/mol. The van der Waals surface area contributed by atoms with Crippen LogP contribution in [0.4, 0.5) is 0 Å². The normalized spacial score (nSPS) is 18.2. The zero-order valence-electron chi connectivity index (χ0n) is 14.9. The van der Waals surface area contributed by atoms with Crippen LogP contribution in [0.25, 0.3) is 11.3 Å². The molecule has 1 amide bonds. The van der Waals surface area contributed by atoms with Gasteiger partial charge in [0, 0.05) is 16.6 Å². The predicted molar refractivity (Wildman–Crippen MR) is 110 cm³/mol. The minimum Gasteiger partial charge on any atom is -0.459 e. The van der Waals surface area contributed by atoms with Crippen molar-refractivity contribution in [1.29, 1.82) is 0 Å². The zero-order valence-corrected chi connectivity index (χ0v) is 17.3. The number of nitrogens with zero attached hydrogens (tertiary/aromatic N) is 1. The van der Waals surface area contributed by atoms with Crippen LogP contribution in [-0.2, 0) is 16.4 Å². The number of carbonyl (C=O) groups excluding carboxylic acids is 1. The van der Waals surface area contributed by atoms with Crippen molar-refractivity contribution in [3.8, 4) is 11.3 Å². The van der Waals surface area contributed by atoms with Crippen LogP contribution in [0.1, 0.15) is 21.9 Å². The van der Waals surface area contributed by atoms with Crippen molar-refractivity contribution >= 4 is 38.7 Å². The Hall–Kier alpha value is -2.09. The topological polar surface area (TPSA) is 67.6 Å². The number of rotatable bonds is 5. The Kier molecular flexibility index (Phi) is 5.31. The van der Waals surface area contributed by atoms with E-state index in [1.807, 2.05) is 35.7 Å². The van der Waals surface area contributed by atoms with Gasteiger partial charge < -0.3 is 9.32 Å². The van der Waals surface area contributed by atoms with Crippen molar-refractivity contribution in [2.24, 2.45) is 0 Å². The summed E-state index contributed by atoms with van der Waals surface area (Å²) in [6.07, 6.45) is 0.449. The third-order valence-corrected chi connectivity index (χ3v) is 7.62. The maximum atomic E-state index is 13.0. The molecule has 1 atom stereocenters. The van der Waals surface area contributed by atoms with Crippen molar-refractivity contribution in [1.82, 2.24) is 4.90 Å². The quantitative estimate of drug-likeness (QED) is 0.592. The van der Waals surface area contributed by atoms with Crippen LogP contribution in [0.5, 0.6) is 0 Å². The molecule has 8 heteroatoms. The first-order chi connectivity index (χ1) is 13.4. The molecule has 2 aromatic heterocycles. The van der Waals surface area contributed by atoms with E-state index in [1.54, 1.807) is 23.1 Å². The van der Waals surface area contributed by atoms with Gasteiger partial charge in [-0.2, -0.15) is 0 Å². The van der Waals surface area contributed by atoms with Crippen molar-refractivity contribution in [3.05, 3.63) is 69.6 Å². The fraction of sp³-hybridized carbons (Fsp3) is 0.250. The number of benzene rings is 1. The molecule has 1 fully saturated rings. The first-order valence-electron chi connectivity index (χ1n) is 8.81. The van der Waals surface area contributed by atoms with Gasteiger partial charge in [0.05, 0.1) is 22.9 Å². The third kappa shape index (κ3) is 4.16. The van der Waals surface area contributed by atoms with E-state index in [2.05, 4.69) is 0 Å². The molecule has 3 aromatic rings. The van der Waals surface area contributed by atoms with E-state index in [0.717, 1.165) is 5.56 Å². The summed E-state index contributed by atoms with van der Waals surface area (Å²) >= 11 is 7.28. The Bertz CT molecular complexity index is 1070. The molecule has 28 heavy (non-hydrogen) atoms. The van der Waals surface area contributed by atoms with E-state index in [-0.39, 0.29) is 30.0 Å². The second-order valence-electron chi connectivity index (χ2n) is 6.74. The Morgan fingerprint density at radius 3 is 2.61 bits per heavy atom. The van der Waals surface area contributed by atoms with Gasteiger partial charge in [-0.25, -0.2) is 8.42 Å². The van der Waals surface area contributed by atoms with Gasteiger partial charge >= 0.3 is 0 Å². The predicted octanol–water partition coefficient (Wildman–Crippen LogP) is 4.49. The number of hydrogen-bond acceptors (Lipinski definition) is 5. The molecule has 5 nitrogen and oxygen atoms in total. The van der Waals surface area contributed by atoms with Crippen molar-refractivity contribution < 1.29 is 17.6 Å². The molecular weight excluding hydrogens is 418 g/mol. The van der Waals surface area contributed by atoms with Gasteiger partial charge in [-0.15, -0.1) is 11.3 Å². The SMILES string of the molecule is O=C(c1cccs1)N(Cc1ccc(-c2ccc(Cl)cc2)o1)[C@@H]1CCS(=O)(=O)C1. The molecule has 4 rings (SSSR count). The summed E-state index contributed by atoms with van der Waals surface area (Å²) in [7, 11) is -3.11. The molecule has 1 aliphatic rings.